The van der Waals surface area contributed by atoms with Crippen molar-refractivity contribution in [2.45, 2.75) is 58.7 Å². The molecule has 1 aromatic rings. The lowest BCUT2D eigenvalue weighted by Crippen LogP contribution is -2.41. The highest BCUT2D eigenvalue weighted by Gasteiger charge is 2.52. The van der Waals surface area contributed by atoms with Gasteiger partial charge in [-0.3, -0.25) is 4.98 Å². The minimum absolute atomic E-state index is 0.316. The first kappa shape index (κ1) is 13.6. The number of aromatic nitrogens is 1. The molecule has 2 heterocycles. The number of pyridine rings is 1. The Hall–Kier alpha value is -0.865. The number of hydrogen-bond donors (Lipinski definition) is 0. The van der Waals surface area contributed by atoms with Crippen molar-refractivity contribution >= 4 is 12.7 Å². The molecule has 0 bridgehead atoms. The van der Waals surface area contributed by atoms with Crippen LogP contribution in [0.15, 0.2) is 18.3 Å². The first-order chi connectivity index (χ1) is 8.24. The first-order valence-corrected chi connectivity index (χ1v) is 6.55. The Labute approximate surface area is 110 Å². The third kappa shape index (κ3) is 2.19. The zero-order valence-electron chi connectivity index (χ0n) is 12.2. The molecule has 0 spiro atoms. The lowest BCUT2D eigenvalue weighted by Gasteiger charge is -2.32. The highest BCUT2D eigenvalue weighted by Crippen LogP contribution is 2.36. The summed E-state index contributed by atoms with van der Waals surface area (Å²) in [7, 11) is -0.367. The quantitative estimate of drug-likeness (QED) is 0.752. The molecule has 1 saturated heterocycles. The maximum absolute atomic E-state index is 6.06. The van der Waals surface area contributed by atoms with Crippen LogP contribution in [0.1, 0.15) is 53.0 Å². The zero-order chi connectivity index (χ0) is 13.6. The molecule has 1 aliphatic rings. The van der Waals surface area contributed by atoms with Crippen LogP contribution in [-0.4, -0.2) is 23.3 Å². The maximum atomic E-state index is 6.06. The van der Waals surface area contributed by atoms with E-state index < -0.39 is 0 Å². The van der Waals surface area contributed by atoms with Crippen LogP contribution in [0.3, 0.4) is 0 Å². The van der Waals surface area contributed by atoms with Crippen LogP contribution < -0.4 is 5.59 Å². The van der Waals surface area contributed by atoms with Crippen LogP contribution in [0, 0.1) is 0 Å². The summed E-state index contributed by atoms with van der Waals surface area (Å²) in [5, 5.41) is 0. The predicted molar refractivity (Wildman–Crippen MR) is 74.0 cm³/mol. The van der Waals surface area contributed by atoms with Crippen molar-refractivity contribution in [1.82, 2.24) is 4.98 Å². The molecule has 1 aromatic heterocycles. The van der Waals surface area contributed by atoms with Crippen LogP contribution >= 0.6 is 0 Å². The summed E-state index contributed by atoms with van der Waals surface area (Å²) in [6.45, 7) is 12.6. The van der Waals surface area contributed by atoms with Gasteiger partial charge in [-0.25, -0.2) is 0 Å². The molecule has 3 nitrogen and oxygen atoms in total. The topological polar surface area (TPSA) is 31.4 Å². The van der Waals surface area contributed by atoms with Gasteiger partial charge in [-0.15, -0.1) is 0 Å². The van der Waals surface area contributed by atoms with Gasteiger partial charge in [-0.1, -0.05) is 19.9 Å². The molecule has 18 heavy (non-hydrogen) atoms. The standard InChI is InChI=1S/C14H22BNO2/c1-10(2)11-8-7-9-16-12(11)15-17-13(3,4)14(5,6)18-15/h7-10H,1-6H3. The molecule has 2 rings (SSSR count). The van der Waals surface area contributed by atoms with E-state index in [2.05, 4.69) is 52.6 Å². The molecule has 0 aliphatic carbocycles. The molecule has 0 saturated carbocycles. The van der Waals surface area contributed by atoms with E-state index in [0.29, 0.717) is 5.92 Å². The first-order valence-electron chi connectivity index (χ1n) is 6.55. The summed E-state index contributed by atoms with van der Waals surface area (Å²) in [5.41, 5.74) is 1.47. The zero-order valence-corrected chi connectivity index (χ0v) is 12.2. The average molecular weight is 247 g/mol. The smallest absolute Gasteiger partial charge is 0.398 e. The average Bonchev–Trinajstić information content (AvgIpc) is 2.48. The van der Waals surface area contributed by atoms with E-state index in [9.17, 15) is 0 Å². The minimum atomic E-state index is -0.367. The number of nitrogens with zero attached hydrogens (tertiary/aromatic N) is 1. The summed E-state index contributed by atoms with van der Waals surface area (Å²) in [6.07, 6.45) is 1.80. The molecule has 0 N–H and O–H groups in total. The second-order valence-corrected chi connectivity index (χ2v) is 6.22. The third-order valence-corrected chi connectivity index (χ3v) is 3.97. The molecule has 0 aromatic carbocycles. The Morgan fingerprint density at radius 2 is 1.67 bits per heavy atom. The Kier molecular flexibility index (Phi) is 3.28. The molecular weight excluding hydrogens is 225 g/mol. The third-order valence-electron chi connectivity index (χ3n) is 3.97. The maximum Gasteiger partial charge on any atom is 0.514 e. The van der Waals surface area contributed by atoms with Gasteiger partial charge in [0.05, 0.1) is 16.8 Å². The fourth-order valence-corrected chi connectivity index (χ4v) is 2.07. The Morgan fingerprint density at radius 1 is 1.11 bits per heavy atom. The molecule has 0 radical (unpaired) electrons. The van der Waals surface area contributed by atoms with Gasteiger partial charge in [0.2, 0.25) is 0 Å². The summed E-state index contributed by atoms with van der Waals surface area (Å²) in [4.78, 5) is 4.46. The van der Waals surface area contributed by atoms with E-state index in [-0.39, 0.29) is 18.3 Å². The van der Waals surface area contributed by atoms with Crippen molar-refractivity contribution in [3.63, 3.8) is 0 Å². The summed E-state index contributed by atoms with van der Waals surface area (Å²) in [6, 6.07) is 4.06. The van der Waals surface area contributed by atoms with Crippen molar-refractivity contribution < 1.29 is 9.31 Å². The van der Waals surface area contributed by atoms with Gasteiger partial charge in [-0.2, -0.15) is 0 Å². The summed E-state index contributed by atoms with van der Waals surface area (Å²) in [5.74, 6) is 0.410. The molecule has 1 fully saturated rings. The van der Waals surface area contributed by atoms with Crippen molar-refractivity contribution in [3.05, 3.63) is 23.9 Å². The number of rotatable bonds is 2. The highest BCUT2D eigenvalue weighted by atomic mass is 16.7. The fraction of sp³-hybridized carbons (Fsp3) is 0.643. The van der Waals surface area contributed by atoms with Crippen LogP contribution in [0.4, 0.5) is 0 Å². The normalized spacial score (nSPS) is 21.6. The van der Waals surface area contributed by atoms with Gasteiger partial charge in [-0.05, 0) is 45.2 Å². The van der Waals surface area contributed by atoms with Crippen molar-refractivity contribution in [2.75, 3.05) is 0 Å². The largest absolute Gasteiger partial charge is 0.514 e. The van der Waals surface area contributed by atoms with E-state index >= 15 is 0 Å². The van der Waals surface area contributed by atoms with Crippen LogP contribution in [-0.2, 0) is 9.31 Å². The van der Waals surface area contributed by atoms with Gasteiger partial charge < -0.3 is 9.31 Å². The van der Waals surface area contributed by atoms with Crippen LogP contribution in [0.2, 0.25) is 0 Å². The molecule has 4 heteroatoms. The van der Waals surface area contributed by atoms with E-state index in [0.717, 1.165) is 5.59 Å². The molecule has 0 amide bonds. The number of hydrogen-bond acceptors (Lipinski definition) is 3. The molecule has 98 valence electrons. The van der Waals surface area contributed by atoms with E-state index in [4.69, 9.17) is 9.31 Å². The van der Waals surface area contributed by atoms with Crippen LogP contribution in [0.5, 0.6) is 0 Å². The highest BCUT2D eigenvalue weighted by molar-refractivity contribution is 6.61. The van der Waals surface area contributed by atoms with Gasteiger partial charge in [0.1, 0.15) is 0 Å². The van der Waals surface area contributed by atoms with Gasteiger partial charge >= 0.3 is 7.12 Å². The minimum Gasteiger partial charge on any atom is -0.398 e. The summed E-state index contributed by atoms with van der Waals surface area (Å²) >= 11 is 0. The van der Waals surface area contributed by atoms with Gasteiger partial charge in [0.15, 0.2) is 0 Å². The Bertz CT molecular complexity index is 427. The molecule has 0 atom stereocenters. The van der Waals surface area contributed by atoms with E-state index in [1.807, 2.05) is 6.07 Å². The lowest BCUT2D eigenvalue weighted by molar-refractivity contribution is 0.00578. The Morgan fingerprint density at radius 3 is 2.17 bits per heavy atom. The van der Waals surface area contributed by atoms with Crippen molar-refractivity contribution in [2.24, 2.45) is 0 Å². The molecule has 0 unspecified atom stereocenters. The Balaban J connectivity index is 2.35. The monoisotopic (exact) mass is 247 g/mol. The second kappa shape index (κ2) is 4.35. The van der Waals surface area contributed by atoms with Gasteiger partial charge in [0, 0.05) is 6.20 Å². The van der Waals surface area contributed by atoms with Crippen LogP contribution in [0.25, 0.3) is 0 Å². The predicted octanol–water partition coefficient (Wildman–Crippen LogP) is 2.50. The fourth-order valence-electron chi connectivity index (χ4n) is 2.07. The molecular formula is C14H22BNO2. The van der Waals surface area contributed by atoms with Crippen molar-refractivity contribution in [1.29, 1.82) is 0 Å². The second-order valence-electron chi connectivity index (χ2n) is 6.22. The molecule has 1 aliphatic heterocycles. The van der Waals surface area contributed by atoms with E-state index in [1.54, 1.807) is 6.20 Å². The van der Waals surface area contributed by atoms with Gasteiger partial charge in [0.25, 0.3) is 0 Å². The van der Waals surface area contributed by atoms with Crippen molar-refractivity contribution in [3.8, 4) is 0 Å². The summed E-state index contributed by atoms with van der Waals surface area (Å²) < 4.78 is 12.1. The van der Waals surface area contributed by atoms with E-state index in [1.165, 1.54) is 5.56 Å². The lowest BCUT2D eigenvalue weighted by atomic mass is 9.78. The SMILES string of the molecule is CC(C)c1cccnc1B1OC(C)(C)C(C)(C)O1.